The molecule has 0 saturated carbocycles. The van der Waals surface area contributed by atoms with Crippen molar-refractivity contribution < 1.29 is 46.6 Å². The number of aromatic nitrogens is 2. The number of anilines is 4. The van der Waals surface area contributed by atoms with Crippen molar-refractivity contribution in [2.75, 3.05) is 20.8 Å². The van der Waals surface area contributed by atoms with Crippen LogP contribution in [0.4, 0.5) is 22.7 Å². The van der Waals surface area contributed by atoms with Crippen LogP contribution < -0.4 is 37.7 Å². The second-order valence-electron chi connectivity index (χ2n) is 7.57. The third-order valence-corrected chi connectivity index (χ3v) is 4.74. The van der Waals surface area contributed by atoms with Crippen molar-refractivity contribution in [2.45, 2.75) is 26.9 Å². The monoisotopic (exact) mass is 516 g/mol. The Labute approximate surface area is 212 Å². The number of carbonyl (C=O) groups excluding carboxylic acids is 4. The minimum atomic E-state index is -0.690. The van der Waals surface area contributed by atoms with Crippen molar-refractivity contribution >= 4 is 46.4 Å². The minimum Gasteiger partial charge on any atom is -1.00 e. The summed E-state index contributed by atoms with van der Waals surface area (Å²) >= 11 is 0. The summed E-state index contributed by atoms with van der Waals surface area (Å²) in [7, 11) is 0. The number of halogens is 1. The maximum Gasteiger partial charge on any atom is 0.292 e. The standard InChI is InChI=1S/C23H24N6O6.ClH/c1-16(30)24-18-7-3-5-9-20(18)28(34)22(32)13-26-11-12-27(15-26)14-23(33)29(35)21-10-6-4-8-19(21)25-17(2)31;/h3-12,15,34-35H,13-14H2,1-2H3,(H-,24,25,30,31);1H. The largest absolute Gasteiger partial charge is 1.00 e. The van der Waals surface area contributed by atoms with E-state index < -0.39 is 11.8 Å². The fourth-order valence-electron chi connectivity index (χ4n) is 3.25. The summed E-state index contributed by atoms with van der Waals surface area (Å²) in [6.07, 6.45) is 4.49. The molecule has 1 aromatic heterocycles. The molecule has 0 bridgehead atoms. The first-order valence-electron chi connectivity index (χ1n) is 10.5. The summed E-state index contributed by atoms with van der Waals surface area (Å²) in [5.41, 5.74) is 0.756. The van der Waals surface area contributed by atoms with Gasteiger partial charge in [-0.25, -0.2) is 9.13 Å². The zero-order valence-corrected chi connectivity index (χ0v) is 20.2. The SMILES string of the molecule is CC(=O)Nc1ccccc1N(O)C(=O)Cn1cc[n+](CC(=O)N(O)c2ccccc2NC(C)=O)c1.[Cl-]. The van der Waals surface area contributed by atoms with Crippen LogP contribution in [0.5, 0.6) is 0 Å². The van der Waals surface area contributed by atoms with Crippen molar-refractivity contribution in [3.63, 3.8) is 0 Å². The number of hydrogen-bond acceptors (Lipinski definition) is 6. The van der Waals surface area contributed by atoms with Gasteiger partial charge in [-0.15, -0.1) is 0 Å². The van der Waals surface area contributed by atoms with Crippen LogP contribution in [0.1, 0.15) is 13.8 Å². The van der Waals surface area contributed by atoms with Crippen molar-refractivity contribution in [1.29, 1.82) is 0 Å². The highest BCUT2D eigenvalue weighted by Crippen LogP contribution is 2.25. The molecule has 0 aliphatic carbocycles. The number of imidazole rings is 1. The van der Waals surface area contributed by atoms with E-state index in [1.54, 1.807) is 36.4 Å². The molecule has 36 heavy (non-hydrogen) atoms. The van der Waals surface area contributed by atoms with Crippen molar-refractivity contribution in [2.24, 2.45) is 0 Å². The first kappa shape index (κ1) is 28.0. The number of benzene rings is 2. The van der Waals surface area contributed by atoms with Crippen LogP contribution in [0.15, 0.2) is 67.3 Å². The zero-order chi connectivity index (χ0) is 25.5. The average Bonchev–Trinajstić information content (AvgIpc) is 3.24. The van der Waals surface area contributed by atoms with Crippen molar-refractivity contribution in [3.8, 4) is 0 Å². The molecule has 0 unspecified atom stereocenters. The number of hydrogen-bond donors (Lipinski definition) is 4. The maximum absolute atomic E-state index is 12.6. The third-order valence-electron chi connectivity index (χ3n) is 4.74. The zero-order valence-electron chi connectivity index (χ0n) is 19.5. The van der Waals surface area contributed by atoms with Gasteiger partial charge < -0.3 is 23.0 Å². The molecule has 1 heterocycles. The molecule has 0 fully saturated rings. The van der Waals surface area contributed by atoms with Gasteiger partial charge in [0.25, 0.3) is 11.8 Å². The molecule has 4 amide bonds. The van der Waals surface area contributed by atoms with E-state index in [0.29, 0.717) is 10.1 Å². The van der Waals surface area contributed by atoms with Crippen LogP contribution in [0.2, 0.25) is 0 Å². The Bertz CT molecular complexity index is 1170. The molecule has 12 nitrogen and oxygen atoms in total. The number of carbonyl (C=O) groups is 4. The van der Waals surface area contributed by atoms with Crippen LogP contribution in [-0.4, -0.2) is 38.6 Å². The number of para-hydroxylation sites is 4. The lowest BCUT2D eigenvalue weighted by Gasteiger charge is -2.18. The lowest BCUT2D eigenvalue weighted by Crippen LogP contribution is -3.00. The predicted molar refractivity (Wildman–Crippen MR) is 125 cm³/mol. The van der Waals surface area contributed by atoms with Gasteiger partial charge in [-0.2, -0.15) is 10.1 Å². The summed E-state index contributed by atoms with van der Waals surface area (Å²) < 4.78 is 2.87. The molecule has 0 aliphatic rings. The average molecular weight is 517 g/mol. The Kier molecular flexibility index (Phi) is 9.67. The molecule has 0 atom stereocenters. The minimum absolute atomic E-state index is 0. The second kappa shape index (κ2) is 12.4. The van der Waals surface area contributed by atoms with Crippen LogP contribution in [-0.2, 0) is 32.3 Å². The van der Waals surface area contributed by atoms with E-state index >= 15 is 0 Å². The summed E-state index contributed by atoms with van der Waals surface area (Å²) in [6.45, 7) is 2.10. The Morgan fingerprint density at radius 2 is 1.31 bits per heavy atom. The fourth-order valence-corrected chi connectivity index (χ4v) is 3.25. The first-order chi connectivity index (χ1) is 16.7. The van der Waals surface area contributed by atoms with Crippen molar-refractivity contribution in [3.05, 3.63) is 67.3 Å². The molecule has 4 N–H and O–H groups in total. The van der Waals surface area contributed by atoms with E-state index in [9.17, 15) is 29.6 Å². The number of nitrogens with one attached hydrogen (secondary N) is 2. The lowest BCUT2D eigenvalue weighted by atomic mass is 10.2. The molecule has 3 rings (SSSR count). The molecule has 0 saturated heterocycles. The number of nitrogens with zero attached hydrogens (tertiary/aromatic N) is 4. The van der Waals surface area contributed by atoms with Gasteiger partial charge in [0.15, 0.2) is 13.1 Å². The molecule has 0 radical (unpaired) electrons. The van der Waals surface area contributed by atoms with Gasteiger partial charge in [0.05, 0.1) is 22.7 Å². The fraction of sp³-hybridized carbons (Fsp3) is 0.174. The number of amides is 4. The van der Waals surface area contributed by atoms with Crippen LogP contribution in [0, 0.1) is 0 Å². The molecule has 13 heteroatoms. The molecular weight excluding hydrogens is 492 g/mol. The molecule has 0 spiro atoms. The first-order valence-corrected chi connectivity index (χ1v) is 10.5. The van der Waals surface area contributed by atoms with Gasteiger partial charge in [-0.1, -0.05) is 24.3 Å². The molecule has 2 aromatic carbocycles. The highest BCUT2D eigenvalue weighted by Gasteiger charge is 2.22. The van der Waals surface area contributed by atoms with Crippen LogP contribution in [0.25, 0.3) is 0 Å². The van der Waals surface area contributed by atoms with E-state index in [0.717, 1.165) is 0 Å². The van der Waals surface area contributed by atoms with Crippen LogP contribution in [0.3, 0.4) is 0 Å². The van der Waals surface area contributed by atoms with Crippen molar-refractivity contribution in [1.82, 2.24) is 4.57 Å². The molecular formula is C23H25ClN6O6. The van der Waals surface area contributed by atoms with Gasteiger partial charge in [0.1, 0.15) is 12.4 Å². The van der Waals surface area contributed by atoms with E-state index in [2.05, 4.69) is 10.6 Å². The van der Waals surface area contributed by atoms with Crippen LogP contribution >= 0.6 is 0 Å². The Morgan fingerprint density at radius 1 is 0.833 bits per heavy atom. The predicted octanol–water partition coefficient (Wildman–Crippen LogP) is -1.46. The van der Waals surface area contributed by atoms with E-state index in [1.165, 1.54) is 53.8 Å². The lowest BCUT2D eigenvalue weighted by molar-refractivity contribution is -0.683. The Hall–Kier alpha value is -4.26. The Morgan fingerprint density at radius 3 is 1.81 bits per heavy atom. The smallest absolute Gasteiger partial charge is 0.292 e. The van der Waals surface area contributed by atoms with E-state index in [1.807, 2.05) is 0 Å². The van der Waals surface area contributed by atoms with Gasteiger partial charge in [-0.3, -0.25) is 29.6 Å². The second-order valence-corrected chi connectivity index (χ2v) is 7.57. The summed E-state index contributed by atoms with van der Waals surface area (Å²) in [6, 6.07) is 12.6. The highest BCUT2D eigenvalue weighted by atomic mass is 35.5. The quantitative estimate of drug-likeness (QED) is 0.163. The number of hydroxylamine groups is 2. The highest BCUT2D eigenvalue weighted by molar-refractivity contribution is 5.99. The van der Waals surface area contributed by atoms with Gasteiger partial charge in [-0.05, 0) is 24.3 Å². The molecule has 3 aromatic rings. The van der Waals surface area contributed by atoms with E-state index in [4.69, 9.17) is 0 Å². The summed E-state index contributed by atoms with van der Waals surface area (Å²) in [4.78, 5) is 47.9. The normalized spacial score (nSPS) is 10.1. The topological polar surface area (TPSA) is 148 Å². The summed E-state index contributed by atoms with van der Waals surface area (Å²) in [5, 5.41) is 26.7. The van der Waals surface area contributed by atoms with Gasteiger partial charge in [0, 0.05) is 13.8 Å². The maximum atomic E-state index is 12.6. The molecule has 0 aliphatic heterocycles. The molecule has 190 valence electrons. The third kappa shape index (κ3) is 7.12. The number of rotatable bonds is 8. The van der Waals surface area contributed by atoms with E-state index in [-0.39, 0.29) is 60.1 Å². The Balaban J connectivity index is 0.00000456. The van der Waals surface area contributed by atoms with Gasteiger partial charge >= 0.3 is 0 Å². The summed E-state index contributed by atoms with van der Waals surface area (Å²) in [5.74, 6) is -2.09. The van der Waals surface area contributed by atoms with Gasteiger partial charge in [0.2, 0.25) is 18.1 Å².